The summed E-state index contributed by atoms with van der Waals surface area (Å²) in [7, 11) is 0. The number of carbonyl (C=O) groups is 1. The van der Waals surface area contributed by atoms with E-state index in [1.54, 1.807) is 0 Å². The number of carbonyl (C=O) groups excluding carboxylic acids is 1. The quantitative estimate of drug-likeness (QED) is 0.821. The molecule has 0 bridgehead atoms. The Bertz CT molecular complexity index is 417. The number of para-hydroxylation sites is 1. The number of rotatable bonds is 5. The minimum atomic E-state index is -0.256. The fourth-order valence-corrected chi connectivity index (χ4v) is 1.99. The molecule has 19 heavy (non-hydrogen) atoms. The van der Waals surface area contributed by atoms with Crippen molar-refractivity contribution in [3.8, 4) is 5.75 Å². The van der Waals surface area contributed by atoms with Gasteiger partial charge in [-0.05, 0) is 13.0 Å². The van der Waals surface area contributed by atoms with E-state index in [1.165, 1.54) is 0 Å². The molecule has 1 amide bonds. The smallest absolute Gasteiger partial charge is 0.239 e. The minimum absolute atomic E-state index is 0.0361. The Balaban J connectivity index is 1.89. The molecule has 0 spiro atoms. The summed E-state index contributed by atoms with van der Waals surface area (Å²) in [6.45, 7) is 4.83. The van der Waals surface area contributed by atoms with E-state index in [1.807, 2.05) is 31.2 Å². The number of nitrogens with one attached hydrogen (secondary N) is 2. The second-order valence-electron chi connectivity index (χ2n) is 4.34. The Morgan fingerprint density at radius 2 is 2.37 bits per heavy atom. The van der Waals surface area contributed by atoms with Crippen molar-refractivity contribution in [3.63, 3.8) is 0 Å². The zero-order valence-corrected chi connectivity index (χ0v) is 11.1. The largest absolute Gasteiger partial charge is 0.494 e. The summed E-state index contributed by atoms with van der Waals surface area (Å²) in [6.07, 6.45) is 0. The SMILES string of the molecule is CCOc1ccccc1CNC(=O)C1COCCN1. The van der Waals surface area contributed by atoms with Crippen molar-refractivity contribution in [1.29, 1.82) is 0 Å². The van der Waals surface area contributed by atoms with Gasteiger partial charge in [0.05, 0.1) is 19.8 Å². The highest BCUT2D eigenvalue weighted by atomic mass is 16.5. The normalized spacial score (nSPS) is 18.9. The first-order valence-electron chi connectivity index (χ1n) is 6.60. The van der Waals surface area contributed by atoms with E-state index in [4.69, 9.17) is 9.47 Å². The topological polar surface area (TPSA) is 59.6 Å². The van der Waals surface area contributed by atoms with E-state index in [0.29, 0.717) is 32.9 Å². The monoisotopic (exact) mass is 264 g/mol. The molecule has 1 heterocycles. The van der Waals surface area contributed by atoms with Crippen LogP contribution in [0.1, 0.15) is 12.5 Å². The van der Waals surface area contributed by atoms with Crippen molar-refractivity contribution in [2.45, 2.75) is 19.5 Å². The van der Waals surface area contributed by atoms with Crippen molar-refractivity contribution < 1.29 is 14.3 Å². The Kier molecular flexibility index (Phi) is 5.18. The third-order valence-corrected chi connectivity index (χ3v) is 2.96. The van der Waals surface area contributed by atoms with Crippen molar-refractivity contribution >= 4 is 5.91 Å². The standard InChI is InChI=1S/C14H20N2O3/c1-2-19-13-6-4-3-5-11(13)9-16-14(17)12-10-18-8-7-15-12/h3-6,12,15H,2,7-10H2,1H3,(H,16,17). The highest BCUT2D eigenvalue weighted by Gasteiger charge is 2.20. The molecule has 0 aromatic heterocycles. The van der Waals surface area contributed by atoms with Gasteiger partial charge in [-0.15, -0.1) is 0 Å². The Labute approximate surface area is 113 Å². The van der Waals surface area contributed by atoms with Gasteiger partial charge in [0.2, 0.25) is 5.91 Å². The zero-order valence-electron chi connectivity index (χ0n) is 11.1. The van der Waals surface area contributed by atoms with E-state index in [2.05, 4.69) is 10.6 Å². The van der Waals surface area contributed by atoms with Crippen LogP contribution in [0.3, 0.4) is 0 Å². The maximum absolute atomic E-state index is 11.9. The lowest BCUT2D eigenvalue weighted by atomic mass is 10.2. The molecule has 5 heteroatoms. The Hall–Kier alpha value is -1.59. The van der Waals surface area contributed by atoms with Gasteiger partial charge in [-0.25, -0.2) is 0 Å². The number of hydrogen-bond acceptors (Lipinski definition) is 4. The average molecular weight is 264 g/mol. The maximum Gasteiger partial charge on any atom is 0.239 e. The van der Waals surface area contributed by atoms with Gasteiger partial charge in [-0.2, -0.15) is 0 Å². The molecule has 1 aliphatic rings. The van der Waals surface area contributed by atoms with Gasteiger partial charge < -0.3 is 20.1 Å². The lowest BCUT2D eigenvalue weighted by Gasteiger charge is -2.23. The van der Waals surface area contributed by atoms with Crippen LogP contribution in [0.4, 0.5) is 0 Å². The molecule has 0 aliphatic carbocycles. The molecule has 1 fully saturated rings. The number of ether oxygens (including phenoxy) is 2. The van der Waals surface area contributed by atoms with Crippen molar-refractivity contribution in [2.75, 3.05) is 26.4 Å². The summed E-state index contributed by atoms with van der Waals surface area (Å²) in [6, 6.07) is 7.47. The lowest BCUT2D eigenvalue weighted by molar-refractivity contribution is -0.126. The summed E-state index contributed by atoms with van der Waals surface area (Å²) in [5.74, 6) is 0.782. The Morgan fingerprint density at radius 1 is 1.53 bits per heavy atom. The number of morpholine rings is 1. The number of benzene rings is 1. The van der Waals surface area contributed by atoms with Gasteiger partial charge in [0.1, 0.15) is 11.8 Å². The lowest BCUT2D eigenvalue weighted by Crippen LogP contribution is -2.51. The summed E-state index contributed by atoms with van der Waals surface area (Å²) in [5.41, 5.74) is 0.981. The van der Waals surface area contributed by atoms with Crippen LogP contribution in [0.5, 0.6) is 5.75 Å². The molecule has 104 valence electrons. The fourth-order valence-electron chi connectivity index (χ4n) is 1.99. The molecule has 1 aliphatic heterocycles. The second kappa shape index (κ2) is 7.11. The summed E-state index contributed by atoms with van der Waals surface area (Å²) in [4.78, 5) is 11.9. The predicted molar refractivity (Wildman–Crippen MR) is 72.1 cm³/mol. The van der Waals surface area contributed by atoms with Crippen LogP contribution in [-0.4, -0.2) is 38.3 Å². The Morgan fingerprint density at radius 3 is 3.11 bits per heavy atom. The number of amides is 1. The zero-order chi connectivity index (χ0) is 13.5. The average Bonchev–Trinajstić information content (AvgIpc) is 2.47. The van der Waals surface area contributed by atoms with E-state index in [9.17, 15) is 4.79 Å². The van der Waals surface area contributed by atoms with Gasteiger partial charge in [0.15, 0.2) is 0 Å². The second-order valence-corrected chi connectivity index (χ2v) is 4.34. The molecule has 1 unspecified atom stereocenters. The first kappa shape index (κ1) is 13.8. The van der Waals surface area contributed by atoms with Gasteiger partial charge in [0, 0.05) is 18.7 Å². The van der Waals surface area contributed by atoms with Crippen LogP contribution in [0.2, 0.25) is 0 Å². The van der Waals surface area contributed by atoms with E-state index < -0.39 is 0 Å². The first-order chi connectivity index (χ1) is 9.31. The molecule has 1 atom stereocenters. The molecule has 5 nitrogen and oxygen atoms in total. The van der Waals surface area contributed by atoms with Gasteiger partial charge in [-0.1, -0.05) is 18.2 Å². The molecule has 1 saturated heterocycles. The van der Waals surface area contributed by atoms with Crippen molar-refractivity contribution in [2.24, 2.45) is 0 Å². The van der Waals surface area contributed by atoms with Crippen LogP contribution < -0.4 is 15.4 Å². The van der Waals surface area contributed by atoms with Crippen LogP contribution in [-0.2, 0) is 16.1 Å². The molecule has 2 rings (SSSR count). The van der Waals surface area contributed by atoms with Crippen molar-refractivity contribution in [1.82, 2.24) is 10.6 Å². The third kappa shape index (κ3) is 3.94. The molecular weight excluding hydrogens is 244 g/mol. The summed E-state index contributed by atoms with van der Waals surface area (Å²) < 4.78 is 10.8. The summed E-state index contributed by atoms with van der Waals surface area (Å²) >= 11 is 0. The molecule has 1 aromatic carbocycles. The van der Waals surface area contributed by atoms with Crippen LogP contribution >= 0.6 is 0 Å². The first-order valence-corrected chi connectivity index (χ1v) is 6.60. The summed E-state index contributed by atoms with van der Waals surface area (Å²) in [5, 5.41) is 6.03. The van der Waals surface area contributed by atoms with E-state index in [0.717, 1.165) is 11.3 Å². The number of hydrogen-bond donors (Lipinski definition) is 2. The van der Waals surface area contributed by atoms with Gasteiger partial charge in [-0.3, -0.25) is 4.79 Å². The highest BCUT2D eigenvalue weighted by Crippen LogP contribution is 2.17. The molecular formula is C14H20N2O3. The molecule has 0 saturated carbocycles. The third-order valence-electron chi connectivity index (χ3n) is 2.96. The molecule has 1 aromatic rings. The molecule has 0 radical (unpaired) electrons. The molecule has 2 N–H and O–H groups in total. The van der Waals surface area contributed by atoms with Gasteiger partial charge in [0.25, 0.3) is 0 Å². The van der Waals surface area contributed by atoms with Crippen LogP contribution in [0.15, 0.2) is 24.3 Å². The van der Waals surface area contributed by atoms with E-state index in [-0.39, 0.29) is 11.9 Å². The van der Waals surface area contributed by atoms with Crippen LogP contribution in [0.25, 0.3) is 0 Å². The predicted octanol–water partition coefficient (Wildman–Crippen LogP) is 0.690. The van der Waals surface area contributed by atoms with E-state index >= 15 is 0 Å². The van der Waals surface area contributed by atoms with Gasteiger partial charge >= 0.3 is 0 Å². The van der Waals surface area contributed by atoms with Crippen LogP contribution in [0, 0.1) is 0 Å². The van der Waals surface area contributed by atoms with Crippen molar-refractivity contribution in [3.05, 3.63) is 29.8 Å². The fraction of sp³-hybridized carbons (Fsp3) is 0.500. The maximum atomic E-state index is 11.9. The highest BCUT2D eigenvalue weighted by molar-refractivity contribution is 5.82. The minimum Gasteiger partial charge on any atom is -0.494 e.